The van der Waals surface area contributed by atoms with Gasteiger partial charge >= 0.3 is 0 Å². The molecule has 1 nitrogen and oxygen atoms in total. The largest absolute Gasteiger partial charge is 0.204 e. The van der Waals surface area contributed by atoms with Gasteiger partial charge in [0.25, 0.3) is 0 Å². The summed E-state index contributed by atoms with van der Waals surface area (Å²) in [5, 5.41) is 1.96. The zero-order valence-electron chi connectivity index (χ0n) is 18.0. The predicted octanol–water partition coefficient (Wildman–Crippen LogP) is 7.04. The van der Waals surface area contributed by atoms with E-state index in [-0.39, 0.29) is 5.56 Å². The highest BCUT2D eigenvalue weighted by molar-refractivity contribution is 7.78. The maximum absolute atomic E-state index is 13.9. The van der Waals surface area contributed by atoms with E-state index in [9.17, 15) is 8.78 Å². The van der Waals surface area contributed by atoms with Crippen molar-refractivity contribution in [1.82, 2.24) is 0 Å². The molecule has 0 spiro atoms. The first-order valence-electron chi connectivity index (χ1n) is 10.4. The molecule has 0 aromatic heterocycles. The van der Waals surface area contributed by atoms with Crippen LogP contribution in [0.5, 0.6) is 0 Å². The van der Waals surface area contributed by atoms with E-state index in [0.29, 0.717) is 5.56 Å². The summed E-state index contributed by atoms with van der Waals surface area (Å²) in [5.74, 6) is 16.6. The van der Waals surface area contributed by atoms with E-state index < -0.39 is 17.3 Å². The minimum atomic E-state index is -0.834. The highest BCUT2D eigenvalue weighted by atomic mass is 32.1. The maximum atomic E-state index is 13.9. The van der Waals surface area contributed by atoms with E-state index in [2.05, 4.69) is 59.7 Å². The van der Waals surface area contributed by atoms with Crippen molar-refractivity contribution in [2.45, 2.75) is 26.2 Å². The molecule has 0 atom stereocenters. The Morgan fingerprint density at radius 1 is 0.697 bits per heavy atom. The van der Waals surface area contributed by atoms with Gasteiger partial charge in [-0.2, -0.15) is 4.99 Å². The second-order valence-corrected chi connectivity index (χ2v) is 7.23. The third-order valence-corrected chi connectivity index (χ3v) is 4.63. The summed E-state index contributed by atoms with van der Waals surface area (Å²) in [6.07, 6.45) is 3.19. The fraction of sp³-hybridized carbons (Fsp3) is 0.138. The van der Waals surface area contributed by atoms with E-state index in [1.807, 2.05) is 53.7 Å². The van der Waals surface area contributed by atoms with E-state index in [0.717, 1.165) is 48.1 Å². The van der Waals surface area contributed by atoms with Crippen LogP contribution in [0.2, 0.25) is 0 Å². The number of isothiocyanates is 1. The maximum Gasteiger partial charge on any atom is 0.153 e. The first-order valence-corrected chi connectivity index (χ1v) is 10.8. The monoisotopic (exact) mass is 451 g/mol. The summed E-state index contributed by atoms with van der Waals surface area (Å²) >= 11 is 4.39. The van der Waals surface area contributed by atoms with Crippen LogP contribution in [0, 0.1) is 47.2 Å². The third-order valence-electron chi connectivity index (χ3n) is 4.53. The van der Waals surface area contributed by atoms with Crippen molar-refractivity contribution < 1.29 is 8.78 Å². The quantitative estimate of drug-likeness (QED) is 0.180. The molecule has 0 saturated heterocycles. The first kappa shape index (κ1) is 23.7. The van der Waals surface area contributed by atoms with Crippen molar-refractivity contribution in [2.75, 3.05) is 0 Å². The molecule has 3 rings (SSSR count). The molecule has 0 fully saturated rings. The lowest BCUT2D eigenvalue weighted by Gasteiger charge is -1.98. The molecule has 0 aliphatic carbocycles. The molecule has 3 aromatic carbocycles. The fourth-order valence-electron chi connectivity index (χ4n) is 2.78. The molecule has 0 unspecified atom stereocenters. The Labute approximate surface area is 198 Å². The van der Waals surface area contributed by atoms with Gasteiger partial charge in [-0.3, -0.25) is 0 Å². The fourth-order valence-corrected chi connectivity index (χ4v) is 2.87. The van der Waals surface area contributed by atoms with Crippen LogP contribution in [0.15, 0.2) is 65.7 Å². The van der Waals surface area contributed by atoms with E-state index >= 15 is 0 Å². The highest BCUT2D eigenvalue weighted by Gasteiger charge is 2.09. The number of hydrogen-bond acceptors (Lipinski definition) is 2. The van der Waals surface area contributed by atoms with Crippen LogP contribution < -0.4 is 0 Å². The Morgan fingerprint density at radius 3 is 1.55 bits per heavy atom. The third kappa shape index (κ3) is 7.28. The Hall–Kier alpha value is -4.00. The van der Waals surface area contributed by atoms with Crippen molar-refractivity contribution in [1.29, 1.82) is 0 Å². The van der Waals surface area contributed by atoms with Crippen LogP contribution in [-0.4, -0.2) is 5.16 Å². The molecule has 0 amide bonds. The van der Waals surface area contributed by atoms with Gasteiger partial charge in [0.05, 0.1) is 5.16 Å². The molecule has 0 radical (unpaired) electrons. The van der Waals surface area contributed by atoms with Crippen LogP contribution in [0.25, 0.3) is 0 Å². The summed E-state index contributed by atoms with van der Waals surface area (Å²) in [6.45, 7) is 2.15. The van der Waals surface area contributed by atoms with Crippen LogP contribution in [0.4, 0.5) is 14.5 Å². The molecule has 0 N–H and O–H groups in total. The van der Waals surface area contributed by atoms with Gasteiger partial charge in [-0.25, -0.2) is 8.78 Å². The van der Waals surface area contributed by atoms with Gasteiger partial charge in [0.15, 0.2) is 11.6 Å². The summed E-state index contributed by atoms with van der Waals surface area (Å²) in [7, 11) is 0. The van der Waals surface area contributed by atoms with Crippen molar-refractivity contribution in [3.05, 3.63) is 100 Å². The molecule has 3 aromatic rings. The number of aliphatic imine (C=N–C) groups is 1. The van der Waals surface area contributed by atoms with Crippen molar-refractivity contribution in [3.63, 3.8) is 0 Å². The molecule has 0 aliphatic rings. The van der Waals surface area contributed by atoms with Gasteiger partial charge in [-0.1, -0.05) is 48.9 Å². The summed E-state index contributed by atoms with van der Waals surface area (Å²) < 4.78 is 27.8. The van der Waals surface area contributed by atoms with Gasteiger partial charge in [0, 0.05) is 34.2 Å². The molecule has 160 valence electrons. The Balaban J connectivity index is 1.67. The van der Waals surface area contributed by atoms with Crippen molar-refractivity contribution in [3.8, 4) is 35.5 Å². The molecule has 0 heterocycles. The number of benzene rings is 3. The molecular formula is C29H19F2NS. The molecule has 0 saturated carbocycles. The number of hydrogen-bond donors (Lipinski definition) is 0. The van der Waals surface area contributed by atoms with Crippen LogP contribution in [0.3, 0.4) is 0 Å². The minimum Gasteiger partial charge on any atom is -0.204 e. The lowest BCUT2D eigenvalue weighted by molar-refractivity contribution is 0.587. The average molecular weight is 452 g/mol. The SMILES string of the molecule is CCCCC#Cc1ccc(C#Cc2ccc(C#Cc3cc(F)c(N=C=S)c(F)c3)cc2)cc1. The number of halogens is 2. The first-order chi connectivity index (χ1) is 16.1. The number of thiocarbonyl (C=S) groups is 1. The molecule has 4 heteroatoms. The van der Waals surface area contributed by atoms with Crippen LogP contribution >= 0.6 is 12.2 Å². The lowest BCUT2D eigenvalue weighted by Crippen LogP contribution is -1.86. The van der Waals surface area contributed by atoms with E-state index in [1.165, 1.54) is 0 Å². The highest BCUT2D eigenvalue weighted by Crippen LogP contribution is 2.23. The van der Waals surface area contributed by atoms with Crippen molar-refractivity contribution in [2.24, 2.45) is 4.99 Å². The Kier molecular flexibility index (Phi) is 8.71. The zero-order valence-corrected chi connectivity index (χ0v) is 18.8. The molecular weight excluding hydrogens is 432 g/mol. The Morgan fingerprint density at radius 2 is 1.12 bits per heavy atom. The Bertz CT molecular complexity index is 1340. The van der Waals surface area contributed by atoms with Crippen LogP contribution in [-0.2, 0) is 0 Å². The van der Waals surface area contributed by atoms with Crippen LogP contribution in [0.1, 0.15) is 54.0 Å². The van der Waals surface area contributed by atoms with Gasteiger partial charge in [0.2, 0.25) is 0 Å². The molecule has 33 heavy (non-hydrogen) atoms. The second kappa shape index (κ2) is 12.1. The van der Waals surface area contributed by atoms with Gasteiger partial charge in [0.1, 0.15) is 5.69 Å². The van der Waals surface area contributed by atoms with Gasteiger partial charge in [-0.05, 0) is 79.3 Å². The summed E-state index contributed by atoms with van der Waals surface area (Å²) in [4.78, 5) is 3.38. The summed E-state index contributed by atoms with van der Waals surface area (Å²) in [5.41, 5.74) is 3.17. The minimum absolute atomic E-state index is 0.204. The zero-order chi connectivity index (χ0) is 23.5. The standard InChI is InChI=1S/C29H19F2NS/c1-2-3-4-5-6-22-7-9-23(10-8-22)11-12-24-13-15-25(16-14-24)17-18-26-19-27(30)29(32-21-33)28(31)20-26/h7-10,13-16,19-20H,2-4H2,1H3. The topological polar surface area (TPSA) is 12.4 Å². The average Bonchev–Trinajstić information content (AvgIpc) is 2.83. The number of nitrogens with zero attached hydrogens (tertiary/aromatic N) is 1. The van der Waals surface area contributed by atoms with E-state index in [1.54, 1.807) is 0 Å². The van der Waals surface area contributed by atoms with Gasteiger partial charge < -0.3 is 0 Å². The second-order valence-electron chi connectivity index (χ2n) is 7.05. The van der Waals surface area contributed by atoms with Gasteiger partial charge in [-0.15, -0.1) is 0 Å². The summed E-state index contributed by atoms with van der Waals surface area (Å²) in [6, 6.07) is 17.4. The predicted molar refractivity (Wildman–Crippen MR) is 132 cm³/mol. The van der Waals surface area contributed by atoms with Crippen molar-refractivity contribution >= 4 is 23.1 Å². The molecule has 0 aliphatic heterocycles. The number of rotatable bonds is 3. The normalized spacial score (nSPS) is 9.30. The van der Waals surface area contributed by atoms with E-state index in [4.69, 9.17) is 0 Å². The lowest BCUT2D eigenvalue weighted by atomic mass is 10.1. The smallest absolute Gasteiger partial charge is 0.153 e. The molecule has 0 bridgehead atoms. The number of unbranched alkanes of at least 4 members (excludes halogenated alkanes) is 2.